The van der Waals surface area contributed by atoms with Crippen molar-refractivity contribution in [2.45, 2.75) is 6.42 Å². The molecule has 7 heteroatoms. The molecule has 1 saturated heterocycles. The lowest BCUT2D eigenvalue weighted by Crippen LogP contribution is -2.34. The number of carbonyl (C=O) groups is 1. The highest BCUT2D eigenvalue weighted by Gasteiger charge is 2.13. The van der Waals surface area contributed by atoms with Crippen LogP contribution in [-0.2, 0) is 16.0 Å². The first-order chi connectivity index (χ1) is 12.2. The molecule has 0 aliphatic carbocycles. The average Bonchev–Trinajstić information content (AvgIpc) is 2.66. The molecule has 25 heavy (non-hydrogen) atoms. The Labute approximate surface area is 147 Å². The van der Waals surface area contributed by atoms with Gasteiger partial charge in [-0.05, 0) is 24.1 Å². The molecule has 1 amide bonds. The molecule has 0 unspecified atom stereocenters. The number of carbonyl (C=O) groups excluding carboxylic acids is 1. The lowest BCUT2D eigenvalue weighted by Gasteiger charge is -2.25. The van der Waals surface area contributed by atoms with E-state index < -0.39 is 0 Å². The molecule has 1 aromatic carbocycles. The molecule has 0 atom stereocenters. The molecule has 1 aliphatic rings. The summed E-state index contributed by atoms with van der Waals surface area (Å²) < 4.78 is 15.7. The van der Waals surface area contributed by atoms with Crippen molar-refractivity contribution in [3.8, 4) is 17.6 Å². The molecule has 1 aliphatic heterocycles. The van der Waals surface area contributed by atoms with Crippen LogP contribution in [0.5, 0.6) is 11.5 Å². The Morgan fingerprint density at radius 3 is 2.68 bits per heavy atom. The summed E-state index contributed by atoms with van der Waals surface area (Å²) in [5.74, 6) is 0.946. The maximum Gasteiger partial charge on any atom is 0.263 e. The lowest BCUT2D eigenvalue weighted by atomic mass is 10.1. The number of amides is 1. The first kappa shape index (κ1) is 18.6. The highest BCUT2D eigenvalue weighted by Crippen LogP contribution is 2.27. The second-order valence-corrected chi connectivity index (χ2v) is 5.50. The van der Waals surface area contributed by atoms with Crippen LogP contribution in [0.4, 0.5) is 0 Å². The first-order valence-corrected chi connectivity index (χ1v) is 8.10. The van der Waals surface area contributed by atoms with Gasteiger partial charge in [0.1, 0.15) is 11.6 Å². The minimum Gasteiger partial charge on any atom is -0.493 e. The van der Waals surface area contributed by atoms with Gasteiger partial charge >= 0.3 is 0 Å². The molecule has 1 N–H and O–H groups in total. The molecule has 7 nitrogen and oxygen atoms in total. The predicted molar refractivity (Wildman–Crippen MR) is 92.3 cm³/mol. The Morgan fingerprint density at radius 1 is 1.32 bits per heavy atom. The van der Waals surface area contributed by atoms with Crippen molar-refractivity contribution in [2.75, 3.05) is 47.1 Å². The SMILES string of the molecule is COc1ccc(CCNC(=O)/C(C#N)=C\N2CCOCC2)cc1OC. The van der Waals surface area contributed by atoms with E-state index in [0.717, 1.165) is 5.56 Å². The van der Waals surface area contributed by atoms with Crippen LogP contribution in [-0.4, -0.2) is 57.9 Å². The zero-order chi connectivity index (χ0) is 18.1. The largest absolute Gasteiger partial charge is 0.493 e. The van der Waals surface area contributed by atoms with Crippen molar-refractivity contribution in [2.24, 2.45) is 0 Å². The summed E-state index contributed by atoms with van der Waals surface area (Å²) in [5, 5.41) is 12.0. The Morgan fingerprint density at radius 2 is 2.04 bits per heavy atom. The third-order valence-electron chi connectivity index (χ3n) is 3.87. The van der Waals surface area contributed by atoms with Gasteiger partial charge in [0.05, 0.1) is 27.4 Å². The summed E-state index contributed by atoms with van der Waals surface area (Å²) in [6.07, 6.45) is 2.23. The molecule has 1 fully saturated rings. The number of morpholine rings is 1. The van der Waals surface area contributed by atoms with E-state index in [1.807, 2.05) is 29.2 Å². The van der Waals surface area contributed by atoms with Crippen LogP contribution in [0.3, 0.4) is 0 Å². The smallest absolute Gasteiger partial charge is 0.263 e. The molecule has 0 bridgehead atoms. The van der Waals surface area contributed by atoms with Crippen molar-refractivity contribution in [1.82, 2.24) is 10.2 Å². The number of nitrogens with one attached hydrogen (secondary N) is 1. The fourth-order valence-corrected chi connectivity index (χ4v) is 2.48. The lowest BCUT2D eigenvalue weighted by molar-refractivity contribution is -0.117. The number of rotatable bonds is 7. The van der Waals surface area contributed by atoms with Gasteiger partial charge in [0, 0.05) is 25.8 Å². The van der Waals surface area contributed by atoms with Gasteiger partial charge in [0.25, 0.3) is 5.91 Å². The van der Waals surface area contributed by atoms with E-state index >= 15 is 0 Å². The zero-order valence-corrected chi connectivity index (χ0v) is 14.6. The minimum absolute atomic E-state index is 0.106. The summed E-state index contributed by atoms with van der Waals surface area (Å²) in [6, 6.07) is 7.58. The normalized spacial score (nSPS) is 14.6. The van der Waals surface area contributed by atoms with Crippen molar-refractivity contribution in [1.29, 1.82) is 5.26 Å². The van der Waals surface area contributed by atoms with E-state index in [1.165, 1.54) is 0 Å². The highest BCUT2D eigenvalue weighted by molar-refractivity contribution is 5.97. The third-order valence-corrected chi connectivity index (χ3v) is 3.87. The molecule has 2 rings (SSSR count). The second-order valence-electron chi connectivity index (χ2n) is 5.50. The van der Waals surface area contributed by atoms with Crippen LogP contribution >= 0.6 is 0 Å². The Balaban J connectivity index is 1.88. The summed E-state index contributed by atoms with van der Waals surface area (Å²) in [5.41, 5.74) is 1.11. The highest BCUT2D eigenvalue weighted by atomic mass is 16.5. The number of nitrogens with zero attached hydrogens (tertiary/aromatic N) is 2. The van der Waals surface area contributed by atoms with Gasteiger partial charge in [0.15, 0.2) is 11.5 Å². The van der Waals surface area contributed by atoms with E-state index in [-0.39, 0.29) is 11.5 Å². The Kier molecular flexibility index (Phi) is 7.11. The first-order valence-electron chi connectivity index (χ1n) is 8.10. The molecular formula is C18H23N3O4. The van der Waals surface area contributed by atoms with Crippen molar-refractivity contribution >= 4 is 5.91 Å². The number of nitriles is 1. The van der Waals surface area contributed by atoms with Gasteiger partial charge in [-0.1, -0.05) is 6.07 Å². The number of hydrogen-bond donors (Lipinski definition) is 1. The number of hydrogen-bond acceptors (Lipinski definition) is 6. The number of methoxy groups -OCH3 is 2. The molecule has 0 radical (unpaired) electrons. The topological polar surface area (TPSA) is 83.8 Å². The molecular weight excluding hydrogens is 322 g/mol. The van der Waals surface area contributed by atoms with Gasteiger partial charge < -0.3 is 24.4 Å². The van der Waals surface area contributed by atoms with Gasteiger partial charge in [-0.25, -0.2) is 0 Å². The third kappa shape index (κ3) is 5.40. The maximum atomic E-state index is 12.2. The minimum atomic E-state index is -0.366. The molecule has 134 valence electrons. The van der Waals surface area contributed by atoms with E-state index in [2.05, 4.69) is 5.32 Å². The van der Waals surface area contributed by atoms with Crippen LogP contribution in [0.1, 0.15) is 5.56 Å². The molecule has 1 aromatic rings. The van der Waals surface area contributed by atoms with Crippen LogP contribution in [0.25, 0.3) is 0 Å². The van der Waals surface area contributed by atoms with Crippen LogP contribution < -0.4 is 14.8 Å². The fourth-order valence-electron chi connectivity index (χ4n) is 2.48. The number of benzene rings is 1. The van der Waals surface area contributed by atoms with Crippen LogP contribution in [0.15, 0.2) is 30.0 Å². The van der Waals surface area contributed by atoms with E-state index in [4.69, 9.17) is 14.2 Å². The average molecular weight is 345 g/mol. The zero-order valence-electron chi connectivity index (χ0n) is 14.6. The van der Waals surface area contributed by atoms with Gasteiger partial charge in [-0.3, -0.25) is 4.79 Å². The standard InChI is InChI=1S/C18H23N3O4/c1-23-16-4-3-14(11-17(16)24-2)5-6-20-18(22)15(12-19)13-21-7-9-25-10-8-21/h3-4,11,13H,5-10H2,1-2H3,(H,20,22)/b15-13-. The van der Waals surface area contributed by atoms with E-state index in [9.17, 15) is 10.1 Å². The summed E-state index contributed by atoms with van der Waals surface area (Å²) in [6.45, 7) is 3.01. The van der Waals surface area contributed by atoms with Gasteiger partial charge in [-0.2, -0.15) is 5.26 Å². The molecule has 0 saturated carbocycles. The Bertz CT molecular complexity index is 661. The molecule has 1 heterocycles. The summed E-state index contributed by atoms with van der Waals surface area (Å²) in [4.78, 5) is 14.1. The van der Waals surface area contributed by atoms with Gasteiger partial charge in [-0.15, -0.1) is 0 Å². The quantitative estimate of drug-likeness (QED) is 0.589. The summed E-state index contributed by atoms with van der Waals surface area (Å²) in [7, 11) is 3.17. The van der Waals surface area contributed by atoms with Crippen molar-refractivity contribution in [3.63, 3.8) is 0 Å². The van der Waals surface area contributed by atoms with Crippen molar-refractivity contribution in [3.05, 3.63) is 35.5 Å². The van der Waals surface area contributed by atoms with Crippen LogP contribution in [0, 0.1) is 11.3 Å². The second kappa shape index (κ2) is 9.55. The predicted octanol–water partition coefficient (Wildman–Crippen LogP) is 1.10. The molecule has 0 spiro atoms. The molecule has 0 aromatic heterocycles. The monoisotopic (exact) mass is 345 g/mol. The summed E-state index contributed by atoms with van der Waals surface area (Å²) >= 11 is 0. The number of ether oxygens (including phenoxy) is 3. The van der Waals surface area contributed by atoms with Gasteiger partial charge in [0.2, 0.25) is 0 Å². The van der Waals surface area contributed by atoms with E-state index in [0.29, 0.717) is 50.8 Å². The van der Waals surface area contributed by atoms with E-state index in [1.54, 1.807) is 20.4 Å². The van der Waals surface area contributed by atoms with Crippen molar-refractivity contribution < 1.29 is 19.0 Å². The fraction of sp³-hybridized carbons (Fsp3) is 0.444. The Hall–Kier alpha value is -2.72. The maximum absolute atomic E-state index is 12.2. The van der Waals surface area contributed by atoms with Crippen LogP contribution in [0.2, 0.25) is 0 Å².